The molecule has 1 aromatic carbocycles. The molecule has 0 unspecified atom stereocenters. The molecule has 0 amide bonds. The van der Waals surface area contributed by atoms with Crippen LogP contribution < -0.4 is 10.5 Å². The number of hydrogen-bond acceptors (Lipinski definition) is 4. The fraction of sp³-hybridized carbons (Fsp3) is 0.200. The van der Waals surface area contributed by atoms with E-state index in [1.807, 2.05) is 0 Å². The third kappa shape index (κ3) is 3.32. The van der Waals surface area contributed by atoms with Crippen molar-refractivity contribution >= 4 is 5.69 Å². The van der Waals surface area contributed by atoms with Gasteiger partial charge >= 0.3 is 5.69 Å². The van der Waals surface area contributed by atoms with Crippen molar-refractivity contribution in [2.45, 2.75) is 0 Å². The maximum absolute atomic E-state index is 13.1. The van der Waals surface area contributed by atoms with Crippen LogP contribution in [0.25, 0.3) is 0 Å². The SMILES string of the molecule is NCC=CCOc1ccc([N+](=O)[O-])c(F)c1. The van der Waals surface area contributed by atoms with Crippen LogP contribution in [0.5, 0.6) is 5.75 Å². The molecule has 0 atom stereocenters. The third-order valence-electron chi connectivity index (χ3n) is 1.76. The number of rotatable bonds is 5. The van der Waals surface area contributed by atoms with Gasteiger partial charge in [-0.05, 0) is 6.07 Å². The first kappa shape index (κ1) is 12.1. The first-order valence-corrected chi connectivity index (χ1v) is 4.57. The van der Waals surface area contributed by atoms with Crippen molar-refractivity contribution in [3.05, 3.63) is 46.3 Å². The molecule has 6 heteroatoms. The Hall–Kier alpha value is -1.95. The first-order chi connectivity index (χ1) is 7.65. The zero-order valence-corrected chi connectivity index (χ0v) is 8.43. The van der Waals surface area contributed by atoms with Crippen LogP contribution in [0.15, 0.2) is 30.4 Å². The molecule has 0 aromatic heterocycles. The number of hydrogen-bond donors (Lipinski definition) is 1. The second kappa shape index (κ2) is 5.82. The van der Waals surface area contributed by atoms with E-state index in [1.54, 1.807) is 12.2 Å². The maximum Gasteiger partial charge on any atom is 0.305 e. The number of nitrogens with zero attached hydrogens (tertiary/aromatic N) is 1. The van der Waals surface area contributed by atoms with Crippen molar-refractivity contribution in [3.63, 3.8) is 0 Å². The van der Waals surface area contributed by atoms with E-state index in [2.05, 4.69) is 0 Å². The second-order valence-electron chi connectivity index (χ2n) is 2.89. The summed E-state index contributed by atoms with van der Waals surface area (Å²) in [5.74, 6) is -0.671. The summed E-state index contributed by atoms with van der Waals surface area (Å²) in [5, 5.41) is 10.3. The topological polar surface area (TPSA) is 78.4 Å². The van der Waals surface area contributed by atoms with E-state index in [4.69, 9.17) is 10.5 Å². The Morgan fingerprint density at radius 3 is 2.81 bits per heavy atom. The van der Waals surface area contributed by atoms with E-state index >= 15 is 0 Å². The highest BCUT2D eigenvalue weighted by Gasteiger charge is 2.13. The highest BCUT2D eigenvalue weighted by atomic mass is 19.1. The van der Waals surface area contributed by atoms with E-state index in [1.165, 1.54) is 6.07 Å². The molecule has 0 radical (unpaired) electrons. The third-order valence-corrected chi connectivity index (χ3v) is 1.76. The van der Waals surface area contributed by atoms with Crippen LogP contribution in [0.3, 0.4) is 0 Å². The van der Waals surface area contributed by atoms with E-state index in [-0.39, 0.29) is 12.4 Å². The minimum Gasteiger partial charge on any atom is -0.489 e. The Kier molecular flexibility index (Phi) is 4.41. The number of halogens is 1. The van der Waals surface area contributed by atoms with Gasteiger partial charge in [-0.3, -0.25) is 10.1 Å². The lowest BCUT2D eigenvalue weighted by atomic mass is 10.3. The molecule has 16 heavy (non-hydrogen) atoms. The summed E-state index contributed by atoms with van der Waals surface area (Å²) in [6.45, 7) is 0.645. The molecule has 0 saturated heterocycles. The lowest BCUT2D eigenvalue weighted by Crippen LogP contribution is -1.98. The number of nitro benzene ring substituents is 1. The summed E-state index contributed by atoms with van der Waals surface area (Å²) >= 11 is 0. The molecule has 0 aliphatic rings. The average Bonchev–Trinajstić information content (AvgIpc) is 2.24. The molecule has 0 fully saturated rings. The quantitative estimate of drug-likeness (QED) is 0.470. The molecule has 5 nitrogen and oxygen atoms in total. The Morgan fingerprint density at radius 1 is 1.50 bits per heavy atom. The van der Waals surface area contributed by atoms with E-state index < -0.39 is 16.4 Å². The molecule has 0 aliphatic heterocycles. The Labute approximate surface area is 91.5 Å². The number of benzene rings is 1. The molecule has 0 aliphatic carbocycles. The van der Waals surface area contributed by atoms with Gasteiger partial charge in [-0.2, -0.15) is 4.39 Å². The van der Waals surface area contributed by atoms with Gasteiger partial charge in [0, 0.05) is 18.7 Å². The molecular formula is C10H11FN2O3. The van der Waals surface area contributed by atoms with Crippen LogP contribution in [-0.2, 0) is 0 Å². The lowest BCUT2D eigenvalue weighted by molar-refractivity contribution is -0.387. The van der Waals surface area contributed by atoms with E-state index in [9.17, 15) is 14.5 Å². The standard InChI is InChI=1S/C10H11FN2O3/c11-9-7-8(16-6-2-1-5-12)3-4-10(9)13(14)15/h1-4,7H,5-6,12H2. The largest absolute Gasteiger partial charge is 0.489 e. The molecule has 0 bridgehead atoms. The normalized spacial score (nSPS) is 10.6. The summed E-state index contributed by atoms with van der Waals surface area (Å²) in [6.07, 6.45) is 3.38. The highest BCUT2D eigenvalue weighted by Crippen LogP contribution is 2.22. The van der Waals surface area contributed by atoms with Gasteiger partial charge in [0.2, 0.25) is 5.82 Å². The van der Waals surface area contributed by atoms with E-state index in [0.717, 1.165) is 12.1 Å². The van der Waals surface area contributed by atoms with Gasteiger partial charge in [0.25, 0.3) is 0 Å². The number of nitrogens with two attached hydrogens (primary N) is 1. The summed E-state index contributed by atoms with van der Waals surface area (Å²) in [4.78, 5) is 9.55. The Balaban J connectivity index is 2.66. The molecule has 0 heterocycles. The minimum atomic E-state index is -0.912. The van der Waals surface area contributed by atoms with Crippen LogP contribution in [0.1, 0.15) is 0 Å². The maximum atomic E-state index is 13.1. The van der Waals surface area contributed by atoms with Crippen molar-refractivity contribution in [2.75, 3.05) is 13.2 Å². The van der Waals surface area contributed by atoms with Gasteiger partial charge in [0.1, 0.15) is 12.4 Å². The number of ether oxygens (including phenoxy) is 1. The summed E-state index contributed by atoms with van der Waals surface area (Å²) in [7, 11) is 0. The van der Waals surface area contributed by atoms with Gasteiger partial charge in [-0.1, -0.05) is 12.2 Å². The molecule has 0 saturated carbocycles. The molecule has 86 valence electrons. The lowest BCUT2D eigenvalue weighted by Gasteiger charge is -2.02. The van der Waals surface area contributed by atoms with Crippen molar-refractivity contribution in [1.29, 1.82) is 0 Å². The molecule has 1 aromatic rings. The Bertz CT molecular complexity index is 407. The predicted molar refractivity (Wildman–Crippen MR) is 56.7 cm³/mol. The predicted octanol–water partition coefficient (Wildman–Crippen LogP) is 1.63. The van der Waals surface area contributed by atoms with Crippen LogP contribution in [0.2, 0.25) is 0 Å². The first-order valence-electron chi connectivity index (χ1n) is 4.57. The fourth-order valence-electron chi connectivity index (χ4n) is 1.03. The van der Waals surface area contributed by atoms with E-state index in [0.29, 0.717) is 6.54 Å². The molecule has 2 N–H and O–H groups in total. The molecular weight excluding hydrogens is 215 g/mol. The number of nitro groups is 1. The van der Waals surface area contributed by atoms with Gasteiger partial charge in [-0.15, -0.1) is 0 Å². The van der Waals surface area contributed by atoms with Crippen molar-refractivity contribution in [3.8, 4) is 5.75 Å². The van der Waals surface area contributed by atoms with Gasteiger partial charge in [0.05, 0.1) is 4.92 Å². The van der Waals surface area contributed by atoms with Crippen LogP contribution in [-0.4, -0.2) is 18.1 Å². The van der Waals surface area contributed by atoms with Crippen molar-refractivity contribution < 1.29 is 14.1 Å². The molecule has 0 spiro atoms. The monoisotopic (exact) mass is 226 g/mol. The minimum absolute atomic E-state index is 0.241. The van der Waals surface area contributed by atoms with Crippen LogP contribution in [0.4, 0.5) is 10.1 Å². The van der Waals surface area contributed by atoms with Crippen molar-refractivity contribution in [2.24, 2.45) is 5.73 Å². The zero-order chi connectivity index (χ0) is 12.0. The summed E-state index contributed by atoms with van der Waals surface area (Å²) in [6, 6.07) is 3.39. The van der Waals surface area contributed by atoms with Gasteiger partial charge < -0.3 is 10.5 Å². The second-order valence-corrected chi connectivity index (χ2v) is 2.89. The fourth-order valence-corrected chi connectivity index (χ4v) is 1.03. The van der Waals surface area contributed by atoms with Crippen LogP contribution >= 0.6 is 0 Å². The summed E-state index contributed by atoms with van der Waals surface area (Å²) < 4.78 is 18.2. The highest BCUT2D eigenvalue weighted by molar-refractivity contribution is 5.37. The zero-order valence-electron chi connectivity index (χ0n) is 8.43. The summed E-state index contributed by atoms with van der Waals surface area (Å²) in [5.41, 5.74) is 4.64. The Morgan fingerprint density at radius 2 is 2.25 bits per heavy atom. The van der Waals surface area contributed by atoms with Gasteiger partial charge in [-0.25, -0.2) is 0 Å². The van der Waals surface area contributed by atoms with Crippen molar-refractivity contribution in [1.82, 2.24) is 0 Å². The average molecular weight is 226 g/mol. The molecule has 1 rings (SSSR count). The van der Waals surface area contributed by atoms with Crippen LogP contribution in [0, 0.1) is 15.9 Å². The van der Waals surface area contributed by atoms with Gasteiger partial charge in [0.15, 0.2) is 0 Å². The smallest absolute Gasteiger partial charge is 0.305 e.